The lowest BCUT2D eigenvalue weighted by Crippen LogP contribution is -2.28. The van der Waals surface area contributed by atoms with Gasteiger partial charge in [-0.05, 0) is 42.8 Å². The third kappa shape index (κ3) is 3.10. The maximum atomic E-state index is 11.7. The first-order chi connectivity index (χ1) is 10.2. The number of amides is 1. The third-order valence-corrected chi connectivity index (χ3v) is 3.70. The molecule has 1 atom stereocenters. The molecule has 110 valence electrons. The predicted molar refractivity (Wildman–Crippen MR) is 81.6 cm³/mol. The first kappa shape index (κ1) is 13.7. The Labute approximate surface area is 124 Å². The Morgan fingerprint density at radius 2 is 2.05 bits per heavy atom. The van der Waals surface area contributed by atoms with E-state index in [1.165, 1.54) is 0 Å². The molecule has 1 aliphatic carbocycles. The van der Waals surface area contributed by atoms with Crippen LogP contribution in [-0.4, -0.2) is 19.3 Å². The summed E-state index contributed by atoms with van der Waals surface area (Å²) >= 11 is 0. The Balaban J connectivity index is 1.83. The van der Waals surface area contributed by atoms with E-state index in [4.69, 9.17) is 9.47 Å². The van der Waals surface area contributed by atoms with Gasteiger partial charge in [0.2, 0.25) is 0 Å². The minimum absolute atomic E-state index is 0.114. The average molecular weight is 285 g/mol. The molecule has 0 spiro atoms. The average Bonchev–Trinajstić information content (AvgIpc) is 3.29. The van der Waals surface area contributed by atoms with Crippen molar-refractivity contribution < 1.29 is 14.3 Å². The van der Waals surface area contributed by atoms with Crippen molar-refractivity contribution in [2.24, 2.45) is 0 Å². The van der Waals surface area contributed by atoms with Crippen LogP contribution in [0.25, 0.3) is 10.8 Å². The molecule has 1 unspecified atom stereocenters. The van der Waals surface area contributed by atoms with Crippen molar-refractivity contribution in [1.29, 1.82) is 0 Å². The van der Waals surface area contributed by atoms with E-state index < -0.39 is 0 Å². The van der Waals surface area contributed by atoms with Crippen LogP contribution >= 0.6 is 0 Å². The highest BCUT2D eigenvalue weighted by molar-refractivity contribution is 5.89. The van der Waals surface area contributed by atoms with E-state index in [1.54, 1.807) is 7.11 Å². The van der Waals surface area contributed by atoms with Crippen molar-refractivity contribution in [2.75, 3.05) is 7.11 Å². The van der Waals surface area contributed by atoms with Crippen molar-refractivity contribution >= 4 is 16.9 Å². The number of nitrogens with one attached hydrogen (secondary N) is 1. The first-order valence-corrected chi connectivity index (χ1v) is 7.21. The molecule has 1 aliphatic rings. The van der Waals surface area contributed by atoms with Gasteiger partial charge in [0.1, 0.15) is 11.9 Å². The van der Waals surface area contributed by atoms with E-state index in [1.807, 2.05) is 37.3 Å². The Morgan fingerprint density at radius 1 is 1.29 bits per heavy atom. The van der Waals surface area contributed by atoms with Gasteiger partial charge in [-0.1, -0.05) is 24.3 Å². The van der Waals surface area contributed by atoms with E-state index in [0.29, 0.717) is 0 Å². The van der Waals surface area contributed by atoms with Crippen LogP contribution in [0.4, 0.5) is 4.79 Å². The summed E-state index contributed by atoms with van der Waals surface area (Å²) in [5.74, 6) is 0.812. The summed E-state index contributed by atoms with van der Waals surface area (Å²) in [7, 11) is 1.66. The van der Waals surface area contributed by atoms with Crippen molar-refractivity contribution in [3.05, 3.63) is 42.0 Å². The van der Waals surface area contributed by atoms with Crippen LogP contribution < -0.4 is 10.1 Å². The number of methoxy groups -OCH3 is 1. The van der Waals surface area contributed by atoms with Gasteiger partial charge in [-0.2, -0.15) is 0 Å². The molecule has 0 radical (unpaired) electrons. The number of hydrogen-bond donors (Lipinski definition) is 1. The largest absolute Gasteiger partial charge is 0.496 e. The maximum Gasteiger partial charge on any atom is 0.407 e. The van der Waals surface area contributed by atoms with E-state index in [-0.39, 0.29) is 18.2 Å². The molecule has 0 aromatic heterocycles. The summed E-state index contributed by atoms with van der Waals surface area (Å²) in [5, 5.41) is 5.03. The van der Waals surface area contributed by atoms with E-state index in [2.05, 4.69) is 11.4 Å². The molecule has 1 amide bonds. The first-order valence-electron chi connectivity index (χ1n) is 7.21. The van der Waals surface area contributed by atoms with E-state index in [0.717, 1.165) is 34.9 Å². The molecule has 4 nitrogen and oxygen atoms in total. The molecule has 2 aromatic carbocycles. The fourth-order valence-corrected chi connectivity index (χ4v) is 2.35. The molecule has 0 aliphatic heterocycles. The van der Waals surface area contributed by atoms with Crippen molar-refractivity contribution in [2.45, 2.75) is 31.9 Å². The topological polar surface area (TPSA) is 47.6 Å². The predicted octanol–water partition coefficient (Wildman–Crippen LogP) is 3.80. The fourth-order valence-electron chi connectivity index (χ4n) is 2.35. The molecule has 4 heteroatoms. The number of rotatable bonds is 4. The third-order valence-electron chi connectivity index (χ3n) is 3.70. The standard InChI is InChI=1S/C17H19NO3/c1-11(18-17(19)21-14-7-8-14)13-9-12-5-3-4-6-15(12)16(10-13)20-2/h3-6,9-11,14H,7-8H2,1-2H3,(H,18,19). The van der Waals surface area contributed by atoms with Crippen LogP contribution in [0.1, 0.15) is 31.4 Å². The normalized spacial score (nSPS) is 15.5. The monoisotopic (exact) mass is 285 g/mol. The van der Waals surface area contributed by atoms with Crippen molar-refractivity contribution in [1.82, 2.24) is 5.32 Å². The maximum absolute atomic E-state index is 11.7. The number of benzene rings is 2. The van der Waals surface area contributed by atoms with Gasteiger partial charge in [0.25, 0.3) is 0 Å². The lowest BCUT2D eigenvalue weighted by molar-refractivity contribution is 0.136. The number of alkyl carbamates (subject to hydrolysis) is 1. The smallest absolute Gasteiger partial charge is 0.407 e. The Bertz CT molecular complexity index is 664. The highest BCUT2D eigenvalue weighted by Crippen LogP contribution is 2.30. The van der Waals surface area contributed by atoms with Crippen LogP contribution in [-0.2, 0) is 4.74 Å². The minimum Gasteiger partial charge on any atom is -0.496 e. The summed E-state index contributed by atoms with van der Waals surface area (Å²) in [4.78, 5) is 11.7. The van der Waals surface area contributed by atoms with Gasteiger partial charge in [-0.15, -0.1) is 0 Å². The second-order valence-corrected chi connectivity index (χ2v) is 5.41. The van der Waals surface area contributed by atoms with Gasteiger partial charge in [-0.25, -0.2) is 4.79 Å². The van der Waals surface area contributed by atoms with E-state index >= 15 is 0 Å². The summed E-state index contributed by atoms with van der Waals surface area (Å²) < 4.78 is 10.7. The number of carbonyl (C=O) groups is 1. The molecule has 1 saturated carbocycles. The zero-order valence-electron chi connectivity index (χ0n) is 12.3. The molecular weight excluding hydrogens is 266 g/mol. The number of carbonyl (C=O) groups excluding carboxylic acids is 1. The van der Waals surface area contributed by atoms with Crippen molar-refractivity contribution in [3.63, 3.8) is 0 Å². The van der Waals surface area contributed by atoms with Crippen LogP contribution in [0.5, 0.6) is 5.75 Å². The Hall–Kier alpha value is -2.23. The van der Waals surface area contributed by atoms with Crippen LogP contribution in [0, 0.1) is 0 Å². The van der Waals surface area contributed by atoms with Gasteiger partial charge in [0.05, 0.1) is 13.2 Å². The quantitative estimate of drug-likeness (QED) is 0.929. The fraction of sp³-hybridized carbons (Fsp3) is 0.353. The highest BCUT2D eigenvalue weighted by Gasteiger charge is 2.26. The van der Waals surface area contributed by atoms with Crippen LogP contribution in [0.15, 0.2) is 36.4 Å². The van der Waals surface area contributed by atoms with E-state index in [9.17, 15) is 4.79 Å². The van der Waals surface area contributed by atoms with Gasteiger partial charge in [-0.3, -0.25) is 0 Å². The van der Waals surface area contributed by atoms with Gasteiger partial charge in [0.15, 0.2) is 0 Å². The van der Waals surface area contributed by atoms with Gasteiger partial charge in [0, 0.05) is 5.39 Å². The highest BCUT2D eigenvalue weighted by atomic mass is 16.6. The minimum atomic E-state index is -0.350. The van der Waals surface area contributed by atoms with Gasteiger partial charge >= 0.3 is 6.09 Å². The van der Waals surface area contributed by atoms with Gasteiger partial charge < -0.3 is 14.8 Å². The second-order valence-electron chi connectivity index (χ2n) is 5.41. The second kappa shape index (κ2) is 5.64. The van der Waals surface area contributed by atoms with Crippen LogP contribution in [0.3, 0.4) is 0 Å². The lowest BCUT2D eigenvalue weighted by atomic mass is 10.0. The number of ether oxygens (including phenoxy) is 2. The lowest BCUT2D eigenvalue weighted by Gasteiger charge is -2.16. The molecule has 1 N–H and O–H groups in total. The molecule has 0 saturated heterocycles. The molecule has 3 rings (SSSR count). The van der Waals surface area contributed by atoms with Crippen molar-refractivity contribution in [3.8, 4) is 5.75 Å². The molecule has 0 bridgehead atoms. The summed E-state index contributed by atoms with van der Waals surface area (Å²) in [6.45, 7) is 1.94. The Kier molecular flexibility index (Phi) is 3.69. The summed E-state index contributed by atoms with van der Waals surface area (Å²) in [6, 6.07) is 11.9. The van der Waals surface area contributed by atoms with Crippen LogP contribution in [0.2, 0.25) is 0 Å². The summed E-state index contributed by atoms with van der Waals surface area (Å²) in [5.41, 5.74) is 0.998. The summed E-state index contributed by atoms with van der Waals surface area (Å²) in [6.07, 6.45) is 1.72. The molecule has 21 heavy (non-hydrogen) atoms. The number of hydrogen-bond acceptors (Lipinski definition) is 3. The zero-order valence-corrected chi connectivity index (χ0v) is 12.3. The molecule has 0 heterocycles. The number of fused-ring (bicyclic) bond motifs is 1. The molecule has 2 aromatic rings. The zero-order chi connectivity index (χ0) is 14.8. The molecular formula is C17H19NO3. The Morgan fingerprint density at radius 3 is 2.76 bits per heavy atom. The SMILES string of the molecule is COc1cc(C(C)NC(=O)OC2CC2)cc2ccccc12. The molecule has 1 fully saturated rings.